The smallest absolute Gasteiger partial charge is 0.229 e. The van der Waals surface area contributed by atoms with E-state index in [1.807, 2.05) is 0 Å². The summed E-state index contributed by atoms with van der Waals surface area (Å²) in [6, 6.07) is 13.3. The van der Waals surface area contributed by atoms with E-state index in [1.54, 1.807) is 48.5 Å². The summed E-state index contributed by atoms with van der Waals surface area (Å²) < 4.78 is 23.3. The van der Waals surface area contributed by atoms with Crippen LogP contribution in [0, 0.1) is 0 Å². The number of rotatable bonds is 4. The lowest BCUT2D eigenvalue weighted by Gasteiger charge is -2.39. The molecule has 4 aromatic rings. The second-order valence-corrected chi connectivity index (χ2v) is 8.94. The van der Waals surface area contributed by atoms with E-state index in [4.69, 9.17) is 18.6 Å². The molecule has 0 spiro atoms. The zero-order chi connectivity index (χ0) is 26.0. The number of furan rings is 1. The Bertz CT molecular complexity index is 1570. The first-order valence-electron chi connectivity index (χ1n) is 11.6. The van der Waals surface area contributed by atoms with E-state index < -0.39 is 48.9 Å². The van der Waals surface area contributed by atoms with Crippen LogP contribution in [-0.2, 0) is 4.74 Å². The maximum atomic E-state index is 13.6. The van der Waals surface area contributed by atoms with Crippen molar-refractivity contribution in [3.05, 3.63) is 71.0 Å². The van der Waals surface area contributed by atoms with Crippen molar-refractivity contribution in [1.82, 2.24) is 0 Å². The Balaban J connectivity index is 1.60. The second-order valence-electron chi connectivity index (χ2n) is 8.94. The van der Waals surface area contributed by atoms with Crippen molar-refractivity contribution >= 4 is 33.3 Å². The van der Waals surface area contributed by atoms with Crippen molar-refractivity contribution < 1.29 is 48.6 Å². The molecule has 6 rings (SSSR count). The lowest BCUT2D eigenvalue weighted by molar-refractivity contribution is -0.277. The first-order chi connectivity index (χ1) is 17.9. The van der Waals surface area contributed by atoms with Crippen LogP contribution in [0.4, 0.5) is 0 Å². The molecule has 10 heteroatoms. The number of aliphatic hydroxyl groups excluding tert-OH is 4. The fourth-order valence-corrected chi connectivity index (χ4v) is 5.06. The van der Waals surface area contributed by atoms with E-state index in [0.29, 0.717) is 10.8 Å². The van der Waals surface area contributed by atoms with Gasteiger partial charge in [-0.2, -0.15) is 0 Å². The monoisotopic (exact) mass is 506 g/mol. The molecule has 1 aromatic heterocycles. The summed E-state index contributed by atoms with van der Waals surface area (Å²) in [6.45, 7) is -0.632. The van der Waals surface area contributed by atoms with Crippen molar-refractivity contribution in [1.29, 1.82) is 0 Å². The van der Waals surface area contributed by atoms with Crippen LogP contribution in [0.15, 0.2) is 52.9 Å². The lowest BCUT2D eigenvalue weighted by atomic mass is 9.86. The van der Waals surface area contributed by atoms with Crippen LogP contribution in [0.2, 0.25) is 0 Å². The van der Waals surface area contributed by atoms with Crippen molar-refractivity contribution in [2.45, 2.75) is 30.7 Å². The molecule has 10 nitrogen and oxygen atoms in total. The minimum atomic E-state index is -1.68. The number of fused-ring (bicyclic) bond motifs is 6. The third kappa shape index (κ3) is 3.31. The molecule has 2 aliphatic rings. The van der Waals surface area contributed by atoms with Crippen LogP contribution in [-0.4, -0.2) is 76.4 Å². The highest BCUT2D eigenvalue weighted by Crippen LogP contribution is 2.49. The van der Waals surface area contributed by atoms with Crippen LogP contribution in [0.5, 0.6) is 11.5 Å². The molecule has 0 radical (unpaired) electrons. The topological polar surface area (TPSA) is 156 Å². The highest BCUT2D eigenvalue weighted by Gasteiger charge is 2.45. The Morgan fingerprint density at radius 3 is 2.16 bits per heavy atom. The molecule has 0 saturated carbocycles. The van der Waals surface area contributed by atoms with Gasteiger partial charge < -0.3 is 39.1 Å². The molecular formula is C27H22O10. The van der Waals surface area contributed by atoms with Crippen molar-refractivity contribution in [2.24, 2.45) is 0 Å². The van der Waals surface area contributed by atoms with Gasteiger partial charge in [-0.1, -0.05) is 48.5 Å². The quantitative estimate of drug-likeness (QED) is 0.282. The number of benzene rings is 3. The summed E-state index contributed by atoms with van der Waals surface area (Å²) in [7, 11) is 1.35. The fraction of sp³-hybridized carbons (Fsp3) is 0.259. The van der Waals surface area contributed by atoms with Gasteiger partial charge in [-0.25, -0.2) is 0 Å². The fourth-order valence-electron chi connectivity index (χ4n) is 5.06. The predicted octanol–water partition coefficient (Wildman–Crippen LogP) is 1.55. The van der Waals surface area contributed by atoms with E-state index >= 15 is 0 Å². The highest BCUT2D eigenvalue weighted by atomic mass is 16.7. The van der Waals surface area contributed by atoms with E-state index in [2.05, 4.69) is 0 Å². The zero-order valence-electron chi connectivity index (χ0n) is 19.5. The van der Waals surface area contributed by atoms with Gasteiger partial charge in [0.25, 0.3) is 0 Å². The summed E-state index contributed by atoms with van der Waals surface area (Å²) >= 11 is 0. The molecule has 0 unspecified atom stereocenters. The van der Waals surface area contributed by atoms with Gasteiger partial charge in [-0.05, 0) is 0 Å². The van der Waals surface area contributed by atoms with Crippen LogP contribution < -0.4 is 9.47 Å². The summed E-state index contributed by atoms with van der Waals surface area (Å²) in [6.07, 6.45) is -7.60. The Morgan fingerprint density at radius 2 is 1.49 bits per heavy atom. The third-order valence-electron chi connectivity index (χ3n) is 6.89. The highest BCUT2D eigenvalue weighted by molar-refractivity contribution is 6.33. The normalized spacial score (nSPS) is 25.3. The van der Waals surface area contributed by atoms with E-state index in [-0.39, 0.29) is 44.9 Å². The maximum Gasteiger partial charge on any atom is 0.229 e. The molecular weight excluding hydrogens is 484 g/mol. The Labute approximate surface area is 209 Å². The summed E-state index contributed by atoms with van der Waals surface area (Å²) in [4.78, 5) is 26.9. The summed E-state index contributed by atoms with van der Waals surface area (Å²) in [5.41, 5.74) is 0.738. The molecule has 1 aliphatic carbocycles. The standard InChI is InChI=1S/C27H22O10/c1-34-26-17-16-18(29)11-6-2-3-7-12(11)19(30)25(16)36-23(17)13-8-4-5-9-14(13)24(26)37-27-22(33)21(32)20(31)15(10-28)35-27/h2-9,15,20-22,27-28,31-33H,10H2,1H3/t15-,20-,21+,22-,27+/m1/s1. The largest absolute Gasteiger partial charge is 0.492 e. The molecule has 0 bridgehead atoms. The second kappa shape index (κ2) is 8.65. The SMILES string of the molecule is COc1c(O[C@@H]2O[C@H](CO)[C@@H](O)[C@H](O)[C@H]2O)c2ccccc2c2oc3c(c12)C(=O)c1ccccc1C3=O. The van der Waals surface area contributed by atoms with Gasteiger partial charge >= 0.3 is 0 Å². The van der Waals surface area contributed by atoms with E-state index in [0.717, 1.165) is 0 Å². The molecule has 1 fully saturated rings. The van der Waals surface area contributed by atoms with Gasteiger partial charge in [0.05, 0.1) is 24.7 Å². The van der Waals surface area contributed by atoms with Crippen molar-refractivity contribution in [2.75, 3.05) is 13.7 Å². The molecule has 1 saturated heterocycles. The van der Waals surface area contributed by atoms with E-state index in [1.165, 1.54) is 7.11 Å². The number of methoxy groups -OCH3 is 1. The van der Waals surface area contributed by atoms with Crippen LogP contribution >= 0.6 is 0 Å². The Hall–Kier alpha value is -3.80. The minimum Gasteiger partial charge on any atom is -0.492 e. The Morgan fingerprint density at radius 1 is 0.838 bits per heavy atom. The van der Waals surface area contributed by atoms with Gasteiger partial charge in [0.1, 0.15) is 30.0 Å². The first-order valence-corrected chi connectivity index (χ1v) is 11.6. The van der Waals surface area contributed by atoms with E-state index in [9.17, 15) is 30.0 Å². The number of ketones is 2. The van der Waals surface area contributed by atoms with Gasteiger partial charge in [-0.15, -0.1) is 0 Å². The predicted molar refractivity (Wildman–Crippen MR) is 128 cm³/mol. The molecule has 2 heterocycles. The lowest BCUT2D eigenvalue weighted by Crippen LogP contribution is -2.60. The number of hydrogen-bond acceptors (Lipinski definition) is 10. The minimum absolute atomic E-state index is 0.0277. The number of hydrogen-bond donors (Lipinski definition) is 4. The molecule has 190 valence electrons. The average molecular weight is 506 g/mol. The van der Waals surface area contributed by atoms with Crippen molar-refractivity contribution in [3.63, 3.8) is 0 Å². The first kappa shape index (κ1) is 23.6. The zero-order valence-corrected chi connectivity index (χ0v) is 19.5. The number of aliphatic hydroxyl groups is 4. The van der Waals surface area contributed by atoms with Crippen LogP contribution in [0.25, 0.3) is 21.7 Å². The van der Waals surface area contributed by atoms with Crippen molar-refractivity contribution in [3.8, 4) is 11.5 Å². The van der Waals surface area contributed by atoms with Gasteiger partial charge in [0, 0.05) is 21.9 Å². The maximum absolute atomic E-state index is 13.6. The molecule has 37 heavy (non-hydrogen) atoms. The molecule has 4 N–H and O–H groups in total. The number of ether oxygens (including phenoxy) is 3. The summed E-state index contributed by atoms with van der Waals surface area (Å²) in [5, 5.41) is 41.7. The molecule has 5 atom stereocenters. The van der Waals surface area contributed by atoms with Gasteiger partial charge in [0.2, 0.25) is 12.1 Å². The Kier molecular flexibility index (Phi) is 5.51. The molecule has 3 aromatic carbocycles. The van der Waals surface area contributed by atoms with Gasteiger partial charge in [-0.3, -0.25) is 9.59 Å². The number of carbonyl (C=O) groups excluding carboxylic acids is 2. The molecule has 1 aliphatic heterocycles. The average Bonchev–Trinajstić information content (AvgIpc) is 3.33. The third-order valence-corrected chi connectivity index (χ3v) is 6.89. The summed E-state index contributed by atoms with van der Waals surface area (Å²) in [5.74, 6) is -0.874. The van der Waals surface area contributed by atoms with Crippen LogP contribution in [0.1, 0.15) is 32.0 Å². The number of carbonyl (C=O) groups is 2. The molecule has 0 amide bonds. The van der Waals surface area contributed by atoms with Gasteiger partial charge in [0.15, 0.2) is 23.0 Å². The van der Waals surface area contributed by atoms with Crippen LogP contribution in [0.3, 0.4) is 0 Å².